The van der Waals surface area contributed by atoms with Crippen LogP contribution < -0.4 is 5.32 Å². The van der Waals surface area contributed by atoms with E-state index in [0.717, 1.165) is 20.9 Å². The molecule has 3 nitrogen and oxygen atoms in total. The third kappa shape index (κ3) is 2.82. The van der Waals surface area contributed by atoms with Crippen LogP contribution in [0.5, 0.6) is 0 Å². The van der Waals surface area contributed by atoms with Gasteiger partial charge in [0.15, 0.2) is 0 Å². The minimum absolute atomic E-state index is 0.169. The van der Waals surface area contributed by atoms with E-state index in [1.165, 1.54) is 0 Å². The Kier molecular flexibility index (Phi) is 3.99. The minimum atomic E-state index is -0.169. The van der Waals surface area contributed by atoms with Crippen LogP contribution in [0.4, 0.5) is 0 Å². The highest BCUT2D eigenvalue weighted by molar-refractivity contribution is 9.10. The van der Waals surface area contributed by atoms with Gasteiger partial charge < -0.3 is 10.3 Å². The molecule has 1 amide bonds. The molecule has 0 fully saturated rings. The maximum absolute atomic E-state index is 12.3. The first kappa shape index (κ1) is 14.2. The SMILES string of the molecule is O=C(NCc1ccccc1Cl)c1[nH]c2ccccc2c1Br. The fraction of sp³-hybridized carbons (Fsp3) is 0.0625. The number of aromatic amines is 1. The van der Waals surface area contributed by atoms with Gasteiger partial charge in [-0.05, 0) is 33.6 Å². The molecule has 3 rings (SSSR count). The van der Waals surface area contributed by atoms with E-state index in [2.05, 4.69) is 26.2 Å². The van der Waals surface area contributed by atoms with Crippen molar-refractivity contribution in [1.82, 2.24) is 10.3 Å². The lowest BCUT2D eigenvalue weighted by molar-refractivity contribution is 0.0946. The Bertz CT molecular complexity index is 813. The Balaban J connectivity index is 1.81. The summed E-state index contributed by atoms with van der Waals surface area (Å²) < 4.78 is 0.773. The van der Waals surface area contributed by atoms with Crippen molar-refractivity contribution in [3.05, 3.63) is 69.3 Å². The average Bonchev–Trinajstić information content (AvgIpc) is 2.84. The van der Waals surface area contributed by atoms with Gasteiger partial charge in [0.2, 0.25) is 0 Å². The zero-order valence-corrected chi connectivity index (χ0v) is 13.3. The van der Waals surface area contributed by atoms with E-state index in [1.54, 1.807) is 0 Å². The molecule has 3 aromatic rings. The summed E-state index contributed by atoms with van der Waals surface area (Å²) in [6, 6.07) is 15.2. The molecule has 0 radical (unpaired) electrons. The number of hydrogen-bond donors (Lipinski definition) is 2. The Morgan fingerprint density at radius 3 is 2.62 bits per heavy atom. The summed E-state index contributed by atoms with van der Waals surface area (Å²) in [5.41, 5.74) is 2.33. The van der Waals surface area contributed by atoms with Crippen LogP contribution in [0, 0.1) is 0 Å². The molecule has 5 heteroatoms. The fourth-order valence-electron chi connectivity index (χ4n) is 2.17. The highest BCUT2D eigenvalue weighted by Gasteiger charge is 2.15. The van der Waals surface area contributed by atoms with Crippen molar-refractivity contribution < 1.29 is 4.79 Å². The van der Waals surface area contributed by atoms with Crippen molar-refractivity contribution in [3.63, 3.8) is 0 Å². The smallest absolute Gasteiger partial charge is 0.269 e. The molecule has 0 saturated carbocycles. The molecule has 106 valence electrons. The maximum atomic E-state index is 12.3. The highest BCUT2D eigenvalue weighted by atomic mass is 79.9. The van der Waals surface area contributed by atoms with Crippen LogP contribution in [0.2, 0.25) is 5.02 Å². The number of hydrogen-bond acceptors (Lipinski definition) is 1. The predicted octanol–water partition coefficient (Wildman–Crippen LogP) is 4.51. The maximum Gasteiger partial charge on any atom is 0.269 e. The zero-order valence-electron chi connectivity index (χ0n) is 11.0. The molecular weight excluding hydrogens is 352 g/mol. The Labute approximate surface area is 135 Å². The number of fused-ring (bicyclic) bond motifs is 1. The van der Waals surface area contributed by atoms with Gasteiger partial charge in [0, 0.05) is 22.5 Å². The van der Waals surface area contributed by atoms with Gasteiger partial charge in [-0.2, -0.15) is 0 Å². The summed E-state index contributed by atoms with van der Waals surface area (Å²) in [4.78, 5) is 15.4. The number of amides is 1. The molecule has 21 heavy (non-hydrogen) atoms. The first-order valence-electron chi connectivity index (χ1n) is 6.44. The second-order valence-electron chi connectivity index (χ2n) is 4.63. The summed E-state index contributed by atoms with van der Waals surface area (Å²) >= 11 is 9.56. The third-order valence-corrected chi connectivity index (χ3v) is 4.46. The standard InChI is InChI=1S/C16H12BrClN2O/c17-14-11-6-2-4-8-13(11)20-15(14)16(21)19-9-10-5-1-3-7-12(10)18/h1-8,20H,9H2,(H,19,21). The van der Waals surface area contributed by atoms with Crippen LogP contribution in [0.15, 0.2) is 53.0 Å². The molecule has 0 aliphatic rings. The van der Waals surface area contributed by atoms with Gasteiger partial charge in [-0.25, -0.2) is 0 Å². The van der Waals surface area contributed by atoms with Gasteiger partial charge >= 0.3 is 0 Å². The van der Waals surface area contributed by atoms with E-state index >= 15 is 0 Å². The van der Waals surface area contributed by atoms with Gasteiger partial charge in [-0.3, -0.25) is 4.79 Å². The Morgan fingerprint density at radius 1 is 1.14 bits per heavy atom. The minimum Gasteiger partial charge on any atom is -0.350 e. The topological polar surface area (TPSA) is 44.9 Å². The number of carbonyl (C=O) groups excluding carboxylic acids is 1. The molecule has 0 atom stereocenters. The molecule has 0 unspecified atom stereocenters. The van der Waals surface area contributed by atoms with Crippen LogP contribution in [-0.2, 0) is 6.54 Å². The predicted molar refractivity (Wildman–Crippen MR) is 88.6 cm³/mol. The molecule has 0 saturated heterocycles. The molecule has 0 spiro atoms. The van der Waals surface area contributed by atoms with Crippen LogP contribution in [0.1, 0.15) is 16.1 Å². The number of benzene rings is 2. The second kappa shape index (κ2) is 5.92. The summed E-state index contributed by atoms with van der Waals surface area (Å²) in [5.74, 6) is -0.169. The number of carbonyl (C=O) groups is 1. The van der Waals surface area contributed by atoms with Gasteiger partial charge in [-0.1, -0.05) is 48.0 Å². The van der Waals surface area contributed by atoms with Gasteiger partial charge in [0.25, 0.3) is 5.91 Å². The van der Waals surface area contributed by atoms with Gasteiger partial charge in [-0.15, -0.1) is 0 Å². The van der Waals surface area contributed by atoms with E-state index in [4.69, 9.17) is 11.6 Å². The quantitative estimate of drug-likeness (QED) is 0.706. The summed E-state index contributed by atoms with van der Waals surface area (Å²) in [6.07, 6.45) is 0. The largest absolute Gasteiger partial charge is 0.350 e. The summed E-state index contributed by atoms with van der Waals surface area (Å²) in [7, 11) is 0. The first-order chi connectivity index (χ1) is 10.2. The molecule has 1 aromatic heterocycles. The number of para-hydroxylation sites is 1. The monoisotopic (exact) mass is 362 g/mol. The molecular formula is C16H12BrClN2O. The number of aromatic nitrogens is 1. The lowest BCUT2D eigenvalue weighted by Crippen LogP contribution is -2.23. The average molecular weight is 364 g/mol. The molecule has 2 N–H and O–H groups in total. The normalized spacial score (nSPS) is 10.8. The molecule has 2 aromatic carbocycles. The number of rotatable bonds is 3. The lowest BCUT2D eigenvalue weighted by Gasteiger charge is -2.06. The summed E-state index contributed by atoms with van der Waals surface area (Å²) in [6.45, 7) is 0.389. The third-order valence-electron chi connectivity index (χ3n) is 3.27. The van der Waals surface area contributed by atoms with E-state index in [9.17, 15) is 4.79 Å². The van der Waals surface area contributed by atoms with Crippen LogP contribution >= 0.6 is 27.5 Å². The van der Waals surface area contributed by atoms with Crippen molar-refractivity contribution in [2.75, 3.05) is 0 Å². The molecule has 0 aliphatic heterocycles. The van der Waals surface area contributed by atoms with Crippen molar-refractivity contribution in [2.45, 2.75) is 6.54 Å². The number of H-pyrrole nitrogens is 1. The van der Waals surface area contributed by atoms with Gasteiger partial charge in [0.1, 0.15) is 5.69 Å². The fourth-order valence-corrected chi connectivity index (χ4v) is 3.00. The van der Waals surface area contributed by atoms with E-state index in [1.807, 2.05) is 48.5 Å². The van der Waals surface area contributed by atoms with Crippen LogP contribution in [-0.4, -0.2) is 10.9 Å². The molecule has 1 heterocycles. The first-order valence-corrected chi connectivity index (χ1v) is 7.61. The van der Waals surface area contributed by atoms with E-state index < -0.39 is 0 Å². The van der Waals surface area contributed by atoms with Gasteiger partial charge in [0.05, 0.1) is 4.47 Å². The van der Waals surface area contributed by atoms with Crippen LogP contribution in [0.25, 0.3) is 10.9 Å². The Hall–Kier alpha value is -1.78. The molecule has 0 aliphatic carbocycles. The summed E-state index contributed by atoms with van der Waals surface area (Å²) in [5, 5.41) is 4.51. The molecule has 0 bridgehead atoms. The Morgan fingerprint density at radius 2 is 1.86 bits per heavy atom. The lowest BCUT2D eigenvalue weighted by atomic mass is 10.2. The zero-order chi connectivity index (χ0) is 14.8. The second-order valence-corrected chi connectivity index (χ2v) is 5.83. The van der Waals surface area contributed by atoms with Crippen molar-refractivity contribution in [2.24, 2.45) is 0 Å². The number of halogens is 2. The van der Waals surface area contributed by atoms with E-state index in [-0.39, 0.29) is 5.91 Å². The van der Waals surface area contributed by atoms with Crippen LogP contribution in [0.3, 0.4) is 0 Å². The van der Waals surface area contributed by atoms with Crippen molar-refractivity contribution in [3.8, 4) is 0 Å². The number of nitrogens with one attached hydrogen (secondary N) is 2. The van der Waals surface area contributed by atoms with E-state index in [0.29, 0.717) is 17.3 Å². The highest BCUT2D eigenvalue weighted by Crippen LogP contribution is 2.27. The van der Waals surface area contributed by atoms with Crippen molar-refractivity contribution >= 4 is 44.3 Å². The van der Waals surface area contributed by atoms with Crippen molar-refractivity contribution in [1.29, 1.82) is 0 Å².